The molecule has 0 aromatic heterocycles. The molecule has 0 spiro atoms. The molecule has 0 amide bonds. The molecule has 0 bridgehead atoms. The maximum absolute atomic E-state index is 12.8. The van der Waals surface area contributed by atoms with Gasteiger partial charge in [-0.3, -0.25) is 0 Å². The van der Waals surface area contributed by atoms with E-state index in [1.54, 1.807) is 6.92 Å². The van der Waals surface area contributed by atoms with Crippen LogP contribution in [-0.2, 0) is 27.6 Å². The van der Waals surface area contributed by atoms with Crippen LogP contribution >= 0.6 is 11.6 Å². The molecular formula is C20H22ClNO4S. The van der Waals surface area contributed by atoms with Crippen molar-refractivity contribution >= 4 is 27.6 Å². The van der Waals surface area contributed by atoms with Crippen LogP contribution in [0.15, 0.2) is 41.3 Å². The second-order valence-corrected chi connectivity index (χ2v) is 8.80. The van der Waals surface area contributed by atoms with E-state index >= 15 is 0 Å². The summed E-state index contributed by atoms with van der Waals surface area (Å²) in [4.78, 5) is 11.6. The van der Waals surface area contributed by atoms with Crippen molar-refractivity contribution < 1.29 is 17.9 Å². The Labute approximate surface area is 164 Å². The molecule has 2 aromatic carbocycles. The highest BCUT2D eigenvalue weighted by atomic mass is 35.5. The Kier molecular flexibility index (Phi) is 5.89. The first-order valence-corrected chi connectivity index (χ1v) is 10.7. The number of fused-ring (bicyclic) bond motifs is 1. The normalized spacial score (nSPS) is 15.1. The van der Waals surface area contributed by atoms with Gasteiger partial charge in [-0.15, -0.1) is 0 Å². The second-order valence-electron chi connectivity index (χ2n) is 6.72. The molecule has 2 aromatic rings. The van der Waals surface area contributed by atoms with E-state index in [0.717, 1.165) is 24.8 Å². The minimum absolute atomic E-state index is 0.0489. The molecule has 0 radical (unpaired) electrons. The van der Waals surface area contributed by atoms with Crippen LogP contribution in [0.5, 0.6) is 0 Å². The number of halogens is 1. The topological polar surface area (TPSA) is 72.5 Å². The summed E-state index contributed by atoms with van der Waals surface area (Å²) in [5.74, 6) is -0.620. The average molecular weight is 408 g/mol. The number of rotatable bonds is 5. The van der Waals surface area contributed by atoms with Gasteiger partial charge in [-0.25, -0.2) is 17.9 Å². The van der Waals surface area contributed by atoms with Crippen molar-refractivity contribution in [3.05, 3.63) is 63.7 Å². The Hall–Kier alpha value is -1.89. The number of hydrogen-bond donors (Lipinski definition) is 1. The van der Waals surface area contributed by atoms with Gasteiger partial charge >= 0.3 is 5.97 Å². The zero-order valence-electron chi connectivity index (χ0n) is 15.3. The lowest BCUT2D eigenvalue weighted by molar-refractivity contribution is 0.0600. The Morgan fingerprint density at radius 3 is 2.52 bits per heavy atom. The molecule has 0 saturated carbocycles. The second kappa shape index (κ2) is 8.00. The third-order valence-electron chi connectivity index (χ3n) is 4.85. The Morgan fingerprint density at radius 2 is 1.81 bits per heavy atom. The van der Waals surface area contributed by atoms with Gasteiger partial charge in [0.25, 0.3) is 0 Å². The molecule has 0 fully saturated rings. The monoisotopic (exact) mass is 407 g/mol. The van der Waals surface area contributed by atoms with Crippen molar-refractivity contribution in [1.29, 1.82) is 0 Å². The largest absolute Gasteiger partial charge is 0.465 e. The molecule has 5 nitrogen and oxygen atoms in total. The van der Waals surface area contributed by atoms with Gasteiger partial charge in [-0.2, -0.15) is 0 Å². The van der Waals surface area contributed by atoms with Crippen molar-refractivity contribution in [2.45, 2.75) is 43.5 Å². The number of ether oxygens (including phenoxy) is 1. The highest BCUT2D eigenvalue weighted by Crippen LogP contribution is 2.27. The molecular weight excluding hydrogens is 386 g/mol. The van der Waals surface area contributed by atoms with E-state index in [1.165, 1.54) is 42.9 Å². The number of carbonyl (C=O) groups is 1. The van der Waals surface area contributed by atoms with Gasteiger partial charge in [0, 0.05) is 6.04 Å². The first-order chi connectivity index (χ1) is 12.8. The van der Waals surface area contributed by atoms with Gasteiger partial charge in [0.05, 0.1) is 17.7 Å². The lowest BCUT2D eigenvalue weighted by Crippen LogP contribution is -2.27. The van der Waals surface area contributed by atoms with Crippen LogP contribution in [0.25, 0.3) is 0 Å². The summed E-state index contributed by atoms with van der Waals surface area (Å²) in [5.41, 5.74) is 3.66. The van der Waals surface area contributed by atoms with Crippen molar-refractivity contribution in [1.82, 2.24) is 4.72 Å². The van der Waals surface area contributed by atoms with Gasteiger partial charge < -0.3 is 4.74 Å². The lowest BCUT2D eigenvalue weighted by atomic mass is 9.89. The fourth-order valence-corrected chi connectivity index (χ4v) is 5.10. The van der Waals surface area contributed by atoms with E-state index in [-0.39, 0.29) is 15.5 Å². The zero-order valence-corrected chi connectivity index (χ0v) is 16.9. The van der Waals surface area contributed by atoms with Gasteiger partial charge in [0.15, 0.2) is 0 Å². The summed E-state index contributed by atoms with van der Waals surface area (Å²) in [6.07, 6.45) is 4.46. The highest BCUT2D eigenvalue weighted by Gasteiger charge is 2.23. The number of carbonyl (C=O) groups excluding carboxylic acids is 1. The van der Waals surface area contributed by atoms with Crippen LogP contribution in [0.1, 0.15) is 52.9 Å². The molecule has 1 aliphatic carbocycles. The quantitative estimate of drug-likeness (QED) is 0.759. The molecule has 0 unspecified atom stereocenters. The maximum atomic E-state index is 12.8. The molecule has 0 aliphatic heterocycles. The molecule has 144 valence electrons. The van der Waals surface area contributed by atoms with Gasteiger partial charge in [0.1, 0.15) is 4.90 Å². The molecule has 1 aliphatic rings. The van der Waals surface area contributed by atoms with E-state index in [4.69, 9.17) is 11.6 Å². The van der Waals surface area contributed by atoms with Crippen molar-refractivity contribution in [2.75, 3.05) is 7.11 Å². The fourth-order valence-electron chi connectivity index (χ4n) is 3.34. The zero-order chi connectivity index (χ0) is 19.6. The summed E-state index contributed by atoms with van der Waals surface area (Å²) < 4.78 is 33.0. The predicted molar refractivity (Wildman–Crippen MR) is 105 cm³/mol. The van der Waals surface area contributed by atoms with Crippen LogP contribution < -0.4 is 4.72 Å². The molecule has 1 N–H and O–H groups in total. The average Bonchev–Trinajstić information content (AvgIpc) is 2.66. The molecule has 0 saturated heterocycles. The standard InChI is InChI=1S/C20H22ClNO4S/c1-13(15-8-7-14-5-3-4-6-16(14)11-15)22-27(24,25)19-12-17(20(23)26-2)9-10-18(19)21/h7-13,22H,3-6H2,1-2H3/t13-/m1/s1. The van der Waals surface area contributed by atoms with E-state index in [9.17, 15) is 13.2 Å². The van der Waals surface area contributed by atoms with Crippen LogP contribution in [0, 0.1) is 0 Å². The predicted octanol–water partition coefficient (Wildman–Crippen LogP) is 4.04. The lowest BCUT2D eigenvalue weighted by Gasteiger charge is -2.20. The van der Waals surface area contributed by atoms with Crippen LogP contribution in [0.4, 0.5) is 0 Å². The maximum Gasteiger partial charge on any atom is 0.337 e. The Bertz CT molecular complexity index is 972. The van der Waals surface area contributed by atoms with Crippen molar-refractivity contribution in [2.24, 2.45) is 0 Å². The number of hydrogen-bond acceptors (Lipinski definition) is 4. The first-order valence-electron chi connectivity index (χ1n) is 8.83. The summed E-state index contributed by atoms with van der Waals surface area (Å²) in [7, 11) is -2.68. The third kappa shape index (κ3) is 4.34. The number of methoxy groups -OCH3 is 1. The van der Waals surface area contributed by atoms with E-state index in [1.807, 2.05) is 6.07 Å². The SMILES string of the molecule is COC(=O)c1ccc(Cl)c(S(=O)(=O)N[C@H](C)c2ccc3c(c2)CCCC3)c1. The van der Waals surface area contributed by atoms with Crippen LogP contribution in [0.2, 0.25) is 5.02 Å². The minimum Gasteiger partial charge on any atom is -0.465 e. The van der Waals surface area contributed by atoms with E-state index in [2.05, 4.69) is 21.6 Å². The third-order valence-corrected chi connectivity index (χ3v) is 6.87. The van der Waals surface area contributed by atoms with Crippen LogP contribution in [0.3, 0.4) is 0 Å². The van der Waals surface area contributed by atoms with Crippen molar-refractivity contribution in [3.63, 3.8) is 0 Å². The summed E-state index contributed by atoms with van der Waals surface area (Å²) in [6.45, 7) is 1.79. The minimum atomic E-state index is -3.91. The molecule has 27 heavy (non-hydrogen) atoms. The molecule has 0 heterocycles. The molecule has 3 rings (SSSR count). The fraction of sp³-hybridized carbons (Fsp3) is 0.350. The number of benzene rings is 2. The van der Waals surface area contributed by atoms with Crippen molar-refractivity contribution in [3.8, 4) is 0 Å². The van der Waals surface area contributed by atoms with Gasteiger partial charge in [-0.1, -0.05) is 29.8 Å². The summed E-state index contributed by atoms with van der Waals surface area (Å²) >= 11 is 6.08. The summed E-state index contributed by atoms with van der Waals surface area (Å²) in [6, 6.07) is 9.74. The van der Waals surface area contributed by atoms with Crippen LogP contribution in [-0.4, -0.2) is 21.5 Å². The number of esters is 1. The number of aryl methyl sites for hydroxylation is 2. The van der Waals surface area contributed by atoms with E-state index < -0.39 is 22.0 Å². The van der Waals surface area contributed by atoms with Gasteiger partial charge in [0.2, 0.25) is 10.0 Å². The van der Waals surface area contributed by atoms with E-state index in [0.29, 0.717) is 0 Å². The Morgan fingerprint density at radius 1 is 1.11 bits per heavy atom. The number of nitrogens with one attached hydrogen (secondary N) is 1. The molecule has 1 atom stereocenters. The first kappa shape index (κ1) is 19.9. The summed E-state index contributed by atoms with van der Waals surface area (Å²) in [5, 5.41) is 0.0489. The molecule has 7 heteroatoms. The van der Waals surface area contributed by atoms with Gasteiger partial charge in [-0.05, 0) is 67.5 Å². The Balaban J connectivity index is 1.87. The number of sulfonamides is 1. The highest BCUT2D eigenvalue weighted by molar-refractivity contribution is 7.89. The smallest absolute Gasteiger partial charge is 0.337 e.